The molecule has 20 heavy (non-hydrogen) atoms. The molecule has 0 atom stereocenters. The lowest BCUT2D eigenvalue weighted by Gasteiger charge is -2.46. The van der Waals surface area contributed by atoms with Gasteiger partial charge in [-0.15, -0.1) is 0 Å². The van der Waals surface area contributed by atoms with Gasteiger partial charge in [-0.3, -0.25) is 0 Å². The lowest BCUT2D eigenvalue weighted by molar-refractivity contribution is 0.176. The number of aryl methyl sites for hydroxylation is 1. The van der Waals surface area contributed by atoms with E-state index in [4.69, 9.17) is 16.7 Å². The van der Waals surface area contributed by atoms with Gasteiger partial charge in [0.2, 0.25) is 0 Å². The molecule has 108 valence electrons. The van der Waals surface area contributed by atoms with E-state index >= 15 is 0 Å². The van der Waals surface area contributed by atoms with Crippen LogP contribution >= 0.6 is 27.5 Å². The predicted octanol–water partition coefficient (Wildman–Crippen LogP) is 3.65. The predicted molar refractivity (Wildman–Crippen MR) is 82.8 cm³/mol. The second kappa shape index (κ2) is 5.45. The van der Waals surface area contributed by atoms with E-state index in [2.05, 4.69) is 26.1 Å². The van der Waals surface area contributed by atoms with Crippen molar-refractivity contribution in [2.45, 2.75) is 37.8 Å². The maximum Gasteiger partial charge on any atom is 0.404 e. The summed E-state index contributed by atoms with van der Waals surface area (Å²) < 4.78 is 1.04. The topological polar surface area (TPSA) is 52.6 Å². The van der Waals surface area contributed by atoms with Crippen molar-refractivity contribution in [3.05, 3.63) is 27.2 Å². The van der Waals surface area contributed by atoms with E-state index in [1.54, 1.807) is 0 Å². The monoisotopic (exact) mass is 358 g/mol. The number of fused-ring (bicyclic) bond motifs is 1. The van der Waals surface area contributed by atoms with Crippen molar-refractivity contribution in [1.29, 1.82) is 0 Å². The number of nitrogens with zero attached hydrogens (tertiary/aromatic N) is 1. The number of amides is 1. The Morgan fingerprint density at radius 1 is 1.45 bits per heavy atom. The molecule has 1 amide bonds. The van der Waals surface area contributed by atoms with Crippen LogP contribution in [-0.4, -0.2) is 29.8 Å². The fourth-order valence-corrected chi connectivity index (χ4v) is 4.28. The van der Waals surface area contributed by atoms with Gasteiger partial charge in [0.15, 0.2) is 0 Å². The van der Waals surface area contributed by atoms with Crippen LogP contribution < -0.4 is 10.2 Å². The van der Waals surface area contributed by atoms with E-state index in [1.807, 2.05) is 12.1 Å². The molecule has 1 aromatic carbocycles. The Hall–Kier alpha value is -0.940. The lowest BCUT2D eigenvalue weighted by atomic mass is 9.83. The van der Waals surface area contributed by atoms with E-state index in [0.29, 0.717) is 6.04 Å². The molecule has 1 heterocycles. The fraction of sp³-hybridized carbons (Fsp3) is 0.500. The number of carbonyl (C=O) groups is 1. The number of benzene rings is 1. The first-order chi connectivity index (χ1) is 9.54. The number of hydrogen-bond acceptors (Lipinski definition) is 2. The van der Waals surface area contributed by atoms with Crippen molar-refractivity contribution in [2.24, 2.45) is 0 Å². The molecule has 6 heteroatoms. The summed E-state index contributed by atoms with van der Waals surface area (Å²) in [6.45, 7) is 1.03. The normalized spacial score (nSPS) is 24.8. The molecule has 2 N–H and O–H groups in total. The molecule has 3 rings (SSSR count). The number of carboxylic acid groups (broad SMARTS) is 1. The third-order valence-electron chi connectivity index (χ3n) is 4.12. The first kappa shape index (κ1) is 14.0. The summed E-state index contributed by atoms with van der Waals surface area (Å²) in [5.74, 6) is 0. The summed E-state index contributed by atoms with van der Waals surface area (Å²) in [4.78, 5) is 13.0. The zero-order valence-electron chi connectivity index (χ0n) is 10.9. The van der Waals surface area contributed by atoms with Crippen molar-refractivity contribution < 1.29 is 9.90 Å². The minimum atomic E-state index is -0.930. The van der Waals surface area contributed by atoms with Gasteiger partial charge in [-0.1, -0.05) is 11.6 Å². The molecule has 0 bridgehead atoms. The second-order valence-corrected chi connectivity index (χ2v) is 6.75. The van der Waals surface area contributed by atoms with Crippen molar-refractivity contribution in [2.75, 3.05) is 11.4 Å². The van der Waals surface area contributed by atoms with Crippen LogP contribution in [0.3, 0.4) is 0 Å². The van der Waals surface area contributed by atoms with Gasteiger partial charge < -0.3 is 15.3 Å². The van der Waals surface area contributed by atoms with Crippen LogP contribution in [-0.2, 0) is 6.42 Å². The van der Waals surface area contributed by atoms with Crippen molar-refractivity contribution >= 4 is 39.3 Å². The van der Waals surface area contributed by atoms with Gasteiger partial charge in [0, 0.05) is 28.1 Å². The number of anilines is 1. The number of halogens is 2. The van der Waals surface area contributed by atoms with Gasteiger partial charge in [-0.25, -0.2) is 4.79 Å². The Kier molecular flexibility index (Phi) is 3.82. The largest absolute Gasteiger partial charge is 0.465 e. The highest BCUT2D eigenvalue weighted by Crippen LogP contribution is 2.41. The molecule has 0 aromatic heterocycles. The first-order valence-corrected chi connectivity index (χ1v) is 7.95. The van der Waals surface area contributed by atoms with Crippen molar-refractivity contribution in [3.63, 3.8) is 0 Å². The summed E-state index contributed by atoms with van der Waals surface area (Å²) in [5, 5.41) is 12.0. The lowest BCUT2D eigenvalue weighted by Crippen LogP contribution is -2.55. The average molecular weight is 360 g/mol. The van der Waals surface area contributed by atoms with Crippen molar-refractivity contribution in [1.82, 2.24) is 5.32 Å². The van der Waals surface area contributed by atoms with E-state index in [1.165, 1.54) is 11.3 Å². The number of nitrogens with one attached hydrogen (secondary N) is 1. The fourth-order valence-electron chi connectivity index (χ4n) is 3.18. The molecule has 0 spiro atoms. The summed E-state index contributed by atoms with van der Waals surface area (Å²) in [6, 6.07) is 4.49. The molecule has 0 unspecified atom stereocenters. The number of rotatable bonds is 2. The van der Waals surface area contributed by atoms with Crippen LogP contribution in [0.15, 0.2) is 16.6 Å². The van der Waals surface area contributed by atoms with Gasteiger partial charge in [0.1, 0.15) is 0 Å². The van der Waals surface area contributed by atoms with Crippen LogP contribution in [0.25, 0.3) is 0 Å². The van der Waals surface area contributed by atoms with E-state index in [-0.39, 0.29) is 6.04 Å². The minimum absolute atomic E-state index is 0.0916. The van der Waals surface area contributed by atoms with Gasteiger partial charge in [-0.05, 0) is 59.3 Å². The highest BCUT2D eigenvalue weighted by molar-refractivity contribution is 9.10. The first-order valence-electron chi connectivity index (χ1n) is 6.78. The highest BCUT2D eigenvalue weighted by Gasteiger charge is 2.37. The van der Waals surface area contributed by atoms with Crippen LogP contribution in [0.1, 0.15) is 24.8 Å². The Morgan fingerprint density at radius 3 is 2.90 bits per heavy atom. The standard InChI is InChI=1S/C14H16BrClN2O2/c15-12-5-9(16)4-8-2-1-3-18(13(8)12)11-6-10(7-11)17-14(19)20/h4-5,10-11,17H,1-3,6-7H2,(H,19,20). The summed E-state index contributed by atoms with van der Waals surface area (Å²) in [7, 11) is 0. The second-order valence-electron chi connectivity index (χ2n) is 5.46. The smallest absolute Gasteiger partial charge is 0.404 e. The van der Waals surface area contributed by atoms with Crippen LogP contribution in [0.2, 0.25) is 5.02 Å². The zero-order chi connectivity index (χ0) is 14.3. The third-order valence-corrected chi connectivity index (χ3v) is 4.94. The molecule has 1 fully saturated rings. The van der Waals surface area contributed by atoms with E-state index in [9.17, 15) is 4.79 Å². The number of hydrogen-bond donors (Lipinski definition) is 2. The molecular weight excluding hydrogens is 344 g/mol. The molecule has 1 aromatic rings. The summed E-state index contributed by atoms with van der Waals surface area (Å²) >= 11 is 9.73. The Bertz CT molecular complexity index is 546. The molecule has 1 aliphatic heterocycles. The van der Waals surface area contributed by atoms with Crippen molar-refractivity contribution in [3.8, 4) is 0 Å². The van der Waals surface area contributed by atoms with Crippen LogP contribution in [0.5, 0.6) is 0 Å². The maximum absolute atomic E-state index is 10.6. The Labute approximate surface area is 131 Å². The molecule has 0 saturated heterocycles. The third kappa shape index (κ3) is 2.61. The van der Waals surface area contributed by atoms with Gasteiger partial charge >= 0.3 is 6.09 Å². The van der Waals surface area contributed by atoms with Gasteiger partial charge in [0.05, 0.1) is 5.69 Å². The molecule has 2 aliphatic rings. The van der Waals surface area contributed by atoms with E-state index < -0.39 is 6.09 Å². The SMILES string of the molecule is O=C(O)NC1CC(N2CCCc3cc(Cl)cc(Br)c32)C1. The van der Waals surface area contributed by atoms with Gasteiger partial charge in [0.25, 0.3) is 0 Å². The molecule has 1 aliphatic carbocycles. The molecule has 0 radical (unpaired) electrons. The van der Waals surface area contributed by atoms with Gasteiger partial charge in [-0.2, -0.15) is 0 Å². The average Bonchev–Trinajstić information content (AvgIpc) is 2.31. The molecule has 1 saturated carbocycles. The summed E-state index contributed by atoms with van der Waals surface area (Å²) in [6.07, 6.45) is 2.99. The quantitative estimate of drug-likeness (QED) is 0.847. The molecule has 4 nitrogen and oxygen atoms in total. The zero-order valence-corrected chi connectivity index (χ0v) is 13.2. The van der Waals surface area contributed by atoms with Crippen LogP contribution in [0, 0.1) is 0 Å². The highest BCUT2D eigenvalue weighted by atomic mass is 79.9. The Balaban J connectivity index is 1.77. The molecular formula is C14H16BrClN2O2. The van der Waals surface area contributed by atoms with E-state index in [0.717, 1.165) is 41.7 Å². The summed E-state index contributed by atoms with van der Waals surface area (Å²) in [5.41, 5.74) is 2.52. The van der Waals surface area contributed by atoms with Crippen LogP contribution in [0.4, 0.5) is 10.5 Å². The maximum atomic E-state index is 10.6. The Morgan fingerprint density at radius 2 is 2.20 bits per heavy atom. The minimum Gasteiger partial charge on any atom is -0.465 e.